The molecular formula is C11H19NO3. The lowest BCUT2D eigenvalue weighted by Gasteiger charge is -2.42. The highest BCUT2D eigenvalue weighted by molar-refractivity contribution is 5.01. The Bertz CT molecular complexity index is 240. The third-order valence-corrected chi connectivity index (χ3v) is 4.17. The first-order valence-electron chi connectivity index (χ1n) is 5.92. The molecule has 2 saturated heterocycles. The molecule has 86 valence electrons. The predicted octanol–water partition coefficient (Wildman–Crippen LogP) is 0.790. The van der Waals surface area contributed by atoms with Gasteiger partial charge in [-0.05, 0) is 19.3 Å². The van der Waals surface area contributed by atoms with Crippen molar-refractivity contribution >= 4 is 0 Å². The standard InChI is InChI=1S/C11H19NO3/c12-9-1-6-13-10(9)2-4-11(5-3-10)14-7-8-15-11/h9H,1-8,12H2/t9-/m0/s1. The van der Waals surface area contributed by atoms with Crippen LogP contribution in [0.4, 0.5) is 0 Å². The van der Waals surface area contributed by atoms with Gasteiger partial charge in [-0.15, -0.1) is 0 Å². The Morgan fingerprint density at radius 1 is 0.867 bits per heavy atom. The topological polar surface area (TPSA) is 53.7 Å². The van der Waals surface area contributed by atoms with E-state index in [2.05, 4.69) is 0 Å². The summed E-state index contributed by atoms with van der Waals surface area (Å²) in [5.74, 6) is -0.295. The summed E-state index contributed by atoms with van der Waals surface area (Å²) in [4.78, 5) is 0. The van der Waals surface area contributed by atoms with Crippen molar-refractivity contribution in [1.29, 1.82) is 0 Å². The zero-order valence-corrected chi connectivity index (χ0v) is 9.04. The van der Waals surface area contributed by atoms with Crippen molar-refractivity contribution in [2.24, 2.45) is 5.73 Å². The van der Waals surface area contributed by atoms with Gasteiger partial charge in [-0.1, -0.05) is 0 Å². The minimum Gasteiger partial charge on any atom is -0.373 e. The number of rotatable bonds is 0. The lowest BCUT2D eigenvalue weighted by molar-refractivity contribution is -0.205. The van der Waals surface area contributed by atoms with Crippen LogP contribution in [0.5, 0.6) is 0 Å². The van der Waals surface area contributed by atoms with Crippen LogP contribution in [-0.2, 0) is 14.2 Å². The molecule has 1 saturated carbocycles. The Balaban J connectivity index is 1.69. The van der Waals surface area contributed by atoms with E-state index in [1.807, 2.05) is 0 Å². The summed E-state index contributed by atoms with van der Waals surface area (Å²) in [6.45, 7) is 2.29. The van der Waals surface area contributed by atoms with E-state index in [-0.39, 0.29) is 17.4 Å². The largest absolute Gasteiger partial charge is 0.373 e. The number of hydrogen-bond donors (Lipinski definition) is 1. The molecule has 2 spiro atoms. The normalized spacial score (nSPS) is 37.8. The fraction of sp³-hybridized carbons (Fsp3) is 1.00. The molecule has 15 heavy (non-hydrogen) atoms. The van der Waals surface area contributed by atoms with Crippen molar-refractivity contribution in [2.45, 2.75) is 49.5 Å². The maximum atomic E-state index is 6.12. The molecule has 4 heteroatoms. The van der Waals surface area contributed by atoms with Gasteiger partial charge in [0.25, 0.3) is 0 Å². The van der Waals surface area contributed by atoms with E-state index < -0.39 is 0 Å². The van der Waals surface area contributed by atoms with Gasteiger partial charge >= 0.3 is 0 Å². The van der Waals surface area contributed by atoms with Crippen LogP contribution in [0.15, 0.2) is 0 Å². The Kier molecular flexibility index (Phi) is 2.28. The lowest BCUT2D eigenvalue weighted by Crippen LogP contribution is -2.51. The average molecular weight is 213 g/mol. The van der Waals surface area contributed by atoms with E-state index in [0.29, 0.717) is 0 Å². The van der Waals surface area contributed by atoms with Crippen LogP contribution >= 0.6 is 0 Å². The van der Waals surface area contributed by atoms with Gasteiger partial charge in [0, 0.05) is 25.5 Å². The molecule has 0 amide bonds. The van der Waals surface area contributed by atoms with Crippen molar-refractivity contribution in [1.82, 2.24) is 0 Å². The zero-order chi connectivity index (χ0) is 10.4. The first kappa shape index (κ1) is 10.0. The summed E-state index contributed by atoms with van der Waals surface area (Å²) in [6.07, 6.45) is 4.82. The van der Waals surface area contributed by atoms with Crippen LogP contribution in [0.25, 0.3) is 0 Å². The molecule has 0 aromatic rings. The van der Waals surface area contributed by atoms with Crippen LogP contribution in [0.3, 0.4) is 0 Å². The summed E-state index contributed by atoms with van der Waals surface area (Å²) >= 11 is 0. The first-order chi connectivity index (χ1) is 7.25. The van der Waals surface area contributed by atoms with Crippen molar-refractivity contribution in [3.63, 3.8) is 0 Å². The lowest BCUT2D eigenvalue weighted by atomic mass is 9.77. The molecule has 2 heterocycles. The fourth-order valence-electron chi connectivity index (χ4n) is 3.11. The summed E-state index contributed by atoms with van der Waals surface area (Å²) in [6, 6.07) is 0.205. The summed E-state index contributed by atoms with van der Waals surface area (Å²) in [7, 11) is 0. The van der Waals surface area contributed by atoms with Gasteiger partial charge in [-0.3, -0.25) is 0 Å². The van der Waals surface area contributed by atoms with Crippen molar-refractivity contribution in [2.75, 3.05) is 19.8 Å². The summed E-state index contributed by atoms with van der Waals surface area (Å²) < 4.78 is 17.3. The van der Waals surface area contributed by atoms with Gasteiger partial charge in [0.05, 0.1) is 18.8 Å². The third-order valence-electron chi connectivity index (χ3n) is 4.17. The predicted molar refractivity (Wildman–Crippen MR) is 54.4 cm³/mol. The second kappa shape index (κ2) is 3.42. The molecule has 3 fully saturated rings. The van der Waals surface area contributed by atoms with E-state index in [0.717, 1.165) is 51.9 Å². The van der Waals surface area contributed by atoms with Gasteiger partial charge < -0.3 is 19.9 Å². The quantitative estimate of drug-likeness (QED) is 0.646. The molecule has 2 aliphatic heterocycles. The van der Waals surface area contributed by atoms with E-state index in [1.54, 1.807) is 0 Å². The van der Waals surface area contributed by atoms with E-state index >= 15 is 0 Å². The molecule has 1 atom stereocenters. The van der Waals surface area contributed by atoms with Crippen LogP contribution < -0.4 is 5.73 Å². The smallest absolute Gasteiger partial charge is 0.168 e. The van der Waals surface area contributed by atoms with Crippen LogP contribution in [-0.4, -0.2) is 37.3 Å². The molecule has 1 aliphatic carbocycles. The molecule has 4 nitrogen and oxygen atoms in total. The zero-order valence-electron chi connectivity index (χ0n) is 9.04. The fourth-order valence-corrected chi connectivity index (χ4v) is 3.11. The molecule has 0 unspecified atom stereocenters. The number of ether oxygens (including phenoxy) is 3. The van der Waals surface area contributed by atoms with Crippen LogP contribution in [0.2, 0.25) is 0 Å². The highest BCUT2D eigenvalue weighted by atomic mass is 16.7. The molecule has 0 bridgehead atoms. The number of nitrogens with two attached hydrogens (primary N) is 1. The van der Waals surface area contributed by atoms with Crippen LogP contribution in [0, 0.1) is 0 Å². The maximum Gasteiger partial charge on any atom is 0.168 e. The Morgan fingerprint density at radius 3 is 2.07 bits per heavy atom. The molecule has 3 aliphatic rings. The molecule has 0 aromatic carbocycles. The highest BCUT2D eigenvalue weighted by Gasteiger charge is 2.51. The maximum absolute atomic E-state index is 6.12. The van der Waals surface area contributed by atoms with Crippen molar-refractivity contribution in [3.8, 4) is 0 Å². The monoisotopic (exact) mass is 213 g/mol. The highest BCUT2D eigenvalue weighted by Crippen LogP contribution is 2.45. The summed E-state index contributed by atoms with van der Waals surface area (Å²) in [5.41, 5.74) is 6.06. The van der Waals surface area contributed by atoms with Crippen LogP contribution in [0.1, 0.15) is 32.1 Å². The van der Waals surface area contributed by atoms with Gasteiger partial charge in [0.1, 0.15) is 0 Å². The minimum atomic E-state index is -0.295. The molecule has 3 rings (SSSR count). The van der Waals surface area contributed by atoms with Crippen molar-refractivity contribution in [3.05, 3.63) is 0 Å². The average Bonchev–Trinajstić information content (AvgIpc) is 2.82. The molecule has 0 aromatic heterocycles. The Labute approximate surface area is 90.1 Å². The molecule has 0 radical (unpaired) electrons. The molecular weight excluding hydrogens is 194 g/mol. The third kappa shape index (κ3) is 1.51. The van der Waals surface area contributed by atoms with Gasteiger partial charge in [0.2, 0.25) is 0 Å². The van der Waals surface area contributed by atoms with E-state index in [9.17, 15) is 0 Å². The second-order valence-corrected chi connectivity index (χ2v) is 4.92. The Morgan fingerprint density at radius 2 is 1.53 bits per heavy atom. The SMILES string of the molecule is N[C@H]1CCOC12CCC1(CC2)OCCO1. The second-order valence-electron chi connectivity index (χ2n) is 4.92. The van der Waals surface area contributed by atoms with E-state index in [1.165, 1.54) is 0 Å². The molecule has 2 N–H and O–H groups in total. The van der Waals surface area contributed by atoms with Gasteiger partial charge in [-0.2, -0.15) is 0 Å². The summed E-state index contributed by atoms with van der Waals surface area (Å²) in [5, 5.41) is 0. The van der Waals surface area contributed by atoms with E-state index in [4.69, 9.17) is 19.9 Å². The Hall–Kier alpha value is -0.160. The van der Waals surface area contributed by atoms with Gasteiger partial charge in [0.15, 0.2) is 5.79 Å². The van der Waals surface area contributed by atoms with Crippen molar-refractivity contribution < 1.29 is 14.2 Å². The first-order valence-corrected chi connectivity index (χ1v) is 5.92. The minimum absolute atomic E-state index is 0.0689. The number of hydrogen-bond acceptors (Lipinski definition) is 4. The van der Waals surface area contributed by atoms with Gasteiger partial charge in [-0.25, -0.2) is 0 Å².